The molecule has 0 spiro atoms. The van der Waals surface area contributed by atoms with Crippen molar-refractivity contribution in [1.29, 1.82) is 0 Å². The molecular weight excluding hydrogens is 853 g/mol. The lowest BCUT2D eigenvalue weighted by molar-refractivity contribution is -0.332. The number of esters is 2. The highest BCUT2D eigenvalue weighted by Crippen LogP contribution is 2.26. The molecule has 15 heteroatoms. The van der Waals surface area contributed by atoms with Gasteiger partial charge in [-0.15, -0.1) is 0 Å². The highest BCUT2D eigenvalue weighted by molar-refractivity contribution is 5.70. The summed E-state index contributed by atoms with van der Waals surface area (Å²) in [6, 6.07) is 0. The van der Waals surface area contributed by atoms with Gasteiger partial charge in [-0.2, -0.15) is 0 Å². The number of rotatable bonds is 38. The van der Waals surface area contributed by atoms with Crippen LogP contribution in [0.15, 0.2) is 48.6 Å². The molecule has 0 aromatic heterocycles. The van der Waals surface area contributed by atoms with E-state index in [4.69, 9.17) is 28.4 Å². The average molecular weight is 941 g/mol. The van der Waals surface area contributed by atoms with Crippen LogP contribution in [0.4, 0.5) is 0 Å². The zero-order valence-corrected chi connectivity index (χ0v) is 40.2. The van der Waals surface area contributed by atoms with Crippen LogP contribution in [0.3, 0.4) is 0 Å². The summed E-state index contributed by atoms with van der Waals surface area (Å²) < 4.78 is 33.4. The quantitative estimate of drug-likeness (QED) is 0.0194. The Hall–Kier alpha value is -2.54. The molecule has 15 nitrogen and oxygen atoms in total. The molecule has 0 aromatic carbocycles. The summed E-state index contributed by atoms with van der Waals surface area (Å²) in [5.41, 5.74) is 0. The number of allylic oxidation sites excluding steroid dienone is 8. The van der Waals surface area contributed by atoms with Gasteiger partial charge in [0, 0.05) is 12.8 Å². The zero-order valence-electron chi connectivity index (χ0n) is 40.2. The zero-order chi connectivity index (χ0) is 48.2. The summed E-state index contributed by atoms with van der Waals surface area (Å²) >= 11 is 0. The standard InChI is InChI=1S/C51H88O15/c1-3-5-7-9-11-13-14-15-16-17-18-19-20-21-22-23-24-26-27-29-31-33-42(53)61-36-39(64-43(54)34-32-30-28-25-12-10-8-6-4-2)37-62-50-49(60)47(58)45(56)41(66-50)38-63-51-48(59)46(57)44(55)40(35-52)65-51/h16-17,19-20,22-23,26-27,39-41,44-52,55-60H,3-15,18,21,24-25,28-38H2,1-2H3/b17-16+,20-19+,23-22+,27-26+/t39-,40+,41+,44-,45-,46?,47?,48?,49?,50+,51+/m0/s1. The van der Waals surface area contributed by atoms with Crippen molar-refractivity contribution in [2.24, 2.45) is 0 Å². The first-order valence-electron chi connectivity index (χ1n) is 25.2. The Morgan fingerprint density at radius 3 is 1.47 bits per heavy atom. The number of carbonyl (C=O) groups excluding carboxylic acids is 2. The van der Waals surface area contributed by atoms with Crippen molar-refractivity contribution < 1.29 is 73.8 Å². The molecule has 11 atom stereocenters. The molecule has 2 fully saturated rings. The van der Waals surface area contributed by atoms with E-state index in [0.29, 0.717) is 19.3 Å². The van der Waals surface area contributed by atoms with Crippen molar-refractivity contribution in [2.45, 2.75) is 235 Å². The first kappa shape index (κ1) is 59.6. The van der Waals surface area contributed by atoms with E-state index in [2.05, 4.69) is 56.4 Å². The third-order valence-corrected chi connectivity index (χ3v) is 11.8. The van der Waals surface area contributed by atoms with Crippen molar-refractivity contribution in [3.63, 3.8) is 0 Å². The van der Waals surface area contributed by atoms with Crippen LogP contribution in [0.5, 0.6) is 0 Å². The second-order valence-electron chi connectivity index (χ2n) is 17.6. The lowest BCUT2D eigenvalue weighted by Crippen LogP contribution is -2.61. The van der Waals surface area contributed by atoms with E-state index in [1.165, 1.54) is 77.0 Å². The van der Waals surface area contributed by atoms with Crippen molar-refractivity contribution in [3.05, 3.63) is 48.6 Å². The van der Waals surface area contributed by atoms with Gasteiger partial charge in [0.15, 0.2) is 18.7 Å². The molecule has 0 aromatic rings. The van der Waals surface area contributed by atoms with Gasteiger partial charge >= 0.3 is 11.9 Å². The number of hydrogen-bond acceptors (Lipinski definition) is 15. The number of unbranched alkanes of at least 4 members (excludes halogenated alkanes) is 16. The van der Waals surface area contributed by atoms with Crippen LogP contribution in [0.1, 0.15) is 168 Å². The molecule has 0 amide bonds. The van der Waals surface area contributed by atoms with Gasteiger partial charge in [0.25, 0.3) is 0 Å². The number of hydrogen-bond donors (Lipinski definition) is 7. The second kappa shape index (κ2) is 38.3. The largest absolute Gasteiger partial charge is 0.462 e. The maximum absolute atomic E-state index is 12.9. The van der Waals surface area contributed by atoms with Crippen LogP contribution in [-0.4, -0.2) is 142 Å². The van der Waals surface area contributed by atoms with Crippen molar-refractivity contribution in [2.75, 3.05) is 26.4 Å². The van der Waals surface area contributed by atoms with E-state index in [-0.39, 0.29) is 19.4 Å². The van der Waals surface area contributed by atoms with Crippen LogP contribution in [0.25, 0.3) is 0 Å². The summed E-state index contributed by atoms with van der Waals surface area (Å²) in [6.07, 6.45) is 24.6. The van der Waals surface area contributed by atoms with Crippen molar-refractivity contribution in [1.82, 2.24) is 0 Å². The molecule has 2 aliphatic rings. The van der Waals surface area contributed by atoms with Crippen LogP contribution < -0.4 is 0 Å². The minimum atomic E-state index is -1.77. The molecule has 0 bridgehead atoms. The normalized spacial score (nSPS) is 26.6. The molecule has 4 unspecified atom stereocenters. The number of aliphatic hydroxyl groups is 7. The van der Waals surface area contributed by atoms with Gasteiger partial charge in [-0.25, -0.2) is 0 Å². The van der Waals surface area contributed by atoms with Crippen LogP contribution in [-0.2, 0) is 38.0 Å². The summed E-state index contributed by atoms with van der Waals surface area (Å²) in [5, 5.41) is 71.9. The van der Waals surface area contributed by atoms with Gasteiger partial charge in [-0.1, -0.05) is 152 Å². The second-order valence-corrected chi connectivity index (χ2v) is 17.6. The van der Waals surface area contributed by atoms with Gasteiger partial charge in [0.2, 0.25) is 0 Å². The smallest absolute Gasteiger partial charge is 0.306 e. The van der Waals surface area contributed by atoms with Gasteiger partial charge in [-0.3, -0.25) is 9.59 Å². The van der Waals surface area contributed by atoms with Crippen LogP contribution in [0.2, 0.25) is 0 Å². The fourth-order valence-electron chi connectivity index (χ4n) is 7.62. The lowest BCUT2D eigenvalue weighted by atomic mass is 9.98. The first-order valence-corrected chi connectivity index (χ1v) is 25.2. The van der Waals surface area contributed by atoms with Gasteiger partial charge < -0.3 is 64.2 Å². The molecule has 7 N–H and O–H groups in total. The Morgan fingerprint density at radius 1 is 0.485 bits per heavy atom. The van der Waals surface area contributed by atoms with Crippen molar-refractivity contribution >= 4 is 11.9 Å². The van der Waals surface area contributed by atoms with Crippen LogP contribution >= 0.6 is 0 Å². The van der Waals surface area contributed by atoms with E-state index in [1.807, 2.05) is 6.08 Å². The maximum atomic E-state index is 12.9. The fourth-order valence-corrected chi connectivity index (χ4v) is 7.62. The molecular formula is C51H88O15. The van der Waals surface area contributed by atoms with E-state index in [1.54, 1.807) is 0 Å². The number of ether oxygens (including phenoxy) is 6. The highest BCUT2D eigenvalue weighted by Gasteiger charge is 2.47. The average Bonchev–Trinajstić information content (AvgIpc) is 3.31. The molecule has 2 heterocycles. The van der Waals surface area contributed by atoms with Gasteiger partial charge in [0.05, 0.1) is 19.8 Å². The van der Waals surface area contributed by atoms with E-state index < -0.39 is 99.3 Å². The SMILES string of the molecule is CCCCCCCCC/C=C/C/C=C/C/C=C/C/C=C/CCCC(=O)OC[C@@H](CO[C@@H]1O[C@H](CO[C@@H]2O[C@H](CO)[C@H](O)C(O)C2O)[C@H](O)C(O)C1O)OC(=O)CCCCCCCCCCC. The number of aliphatic hydroxyl groups excluding tert-OH is 7. The topological polar surface area (TPSA) is 231 Å². The molecule has 0 saturated carbocycles. The summed E-state index contributed by atoms with van der Waals surface area (Å²) in [5.74, 6) is -0.994. The van der Waals surface area contributed by atoms with E-state index >= 15 is 0 Å². The molecule has 66 heavy (non-hydrogen) atoms. The van der Waals surface area contributed by atoms with E-state index in [9.17, 15) is 45.3 Å². The summed E-state index contributed by atoms with van der Waals surface area (Å²) in [6.45, 7) is 2.49. The molecule has 2 saturated heterocycles. The summed E-state index contributed by atoms with van der Waals surface area (Å²) in [7, 11) is 0. The molecule has 382 valence electrons. The third-order valence-electron chi connectivity index (χ3n) is 11.8. The van der Waals surface area contributed by atoms with Gasteiger partial charge in [-0.05, 0) is 51.4 Å². The Balaban J connectivity index is 1.80. The molecule has 2 rings (SSSR count). The Labute approximate surface area is 395 Å². The maximum Gasteiger partial charge on any atom is 0.306 e. The minimum absolute atomic E-state index is 0.142. The predicted molar refractivity (Wildman–Crippen MR) is 252 cm³/mol. The first-order chi connectivity index (χ1) is 32.0. The van der Waals surface area contributed by atoms with Crippen molar-refractivity contribution in [3.8, 4) is 0 Å². The Kier molecular flexibility index (Phi) is 34.6. The summed E-state index contributed by atoms with van der Waals surface area (Å²) in [4.78, 5) is 25.6. The number of carbonyl (C=O) groups is 2. The molecule has 0 radical (unpaired) electrons. The molecule has 2 aliphatic heterocycles. The Morgan fingerprint density at radius 2 is 0.924 bits per heavy atom. The predicted octanol–water partition coefficient (Wildman–Crippen LogP) is 6.71. The van der Waals surface area contributed by atoms with Gasteiger partial charge in [0.1, 0.15) is 55.4 Å². The fraction of sp³-hybridized carbons (Fsp3) is 0.804. The molecule has 0 aliphatic carbocycles. The van der Waals surface area contributed by atoms with Crippen LogP contribution in [0, 0.1) is 0 Å². The Bertz CT molecular complexity index is 1340. The monoisotopic (exact) mass is 941 g/mol. The minimum Gasteiger partial charge on any atom is -0.462 e. The third kappa shape index (κ3) is 26.3. The van der Waals surface area contributed by atoms with E-state index in [0.717, 1.165) is 44.9 Å². The highest BCUT2D eigenvalue weighted by atomic mass is 16.7. The lowest BCUT2D eigenvalue weighted by Gasteiger charge is -2.42.